The fraction of sp³-hybridized carbons (Fsp3) is 0.0841. The van der Waals surface area contributed by atoms with Gasteiger partial charge in [-0.1, -0.05) is 266 Å². The summed E-state index contributed by atoms with van der Waals surface area (Å²) in [6, 6.07) is 129. The lowest BCUT2D eigenvalue weighted by Gasteiger charge is -2.22. The number of rotatable bonds is 9. The molecule has 3 aliphatic rings. The van der Waals surface area contributed by atoms with Gasteiger partial charge in [0.1, 0.15) is 0 Å². The van der Waals surface area contributed by atoms with Crippen LogP contribution in [0.1, 0.15) is 74.9 Å². The number of aromatic nitrogens is 5. The lowest BCUT2D eigenvalue weighted by atomic mass is 9.81. The first-order chi connectivity index (χ1) is 54.8. The largest absolute Gasteiger partial charge is 0.309 e. The molecule has 0 bridgehead atoms. The van der Waals surface area contributed by atoms with Gasteiger partial charge in [0.05, 0.1) is 44.3 Å². The Labute approximate surface area is 650 Å². The van der Waals surface area contributed by atoms with E-state index in [0.717, 1.165) is 78.0 Å². The number of para-hydroxylation sites is 3. The summed E-state index contributed by atoms with van der Waals surface area (Å²) in [6.07, 6.45) is 0. The van der Waals surface area contributed by atoms with Crippen molar-refractivity contribution < 1.29 is 0 Å². The van der Waals surface area contributed by atoms with Crippen molar-refractivity contribution in [1.82, 2.24) is 23.7 Å². The van der Waals surface area contributed by atoms with Crippen molar-refractivity contribution in [3.63, 3.8) is 0 Å². The summed E-state index contributed by atoms with van der Waals surface area (Å²) in [6.45, 7) is 14.2. The van der Waals surface area contributed by atoms with E-state index in [0.29, 0.717) is 5.82 Å². The quantitative estimate of drug-likeness (QED) is 0.144. The SMILES string of the molecule is CC1(C)c2ccccc2-c2ccc(-c3ccc4c(c3)c3ccccc3n4-c3ccc(-c4ccc5nc(-c6cccc(-n7c8ccccc8c8cc(-c9ccc%10c(c9)C(C)(C)c9ccccc9-%10)ccc87)c6)nc(-c6cccc(-n7c8ccccc8c8cc(-c9ccc%10c(c9)C(C)(C)c9ccccc9-%10)ccc87)c6)c5c4)cc3)cc21. The molecule has 0 unspecified atom stereocenters. The first kappa shape index (κ1) is 64.3. The van der Waals surface area contributed by atoms with Gasteiger partial charge >= 0.3 is 0 Å². The molecule has 3 aliphatic carbocycles. The molecule has 4 heterocycles. The Kier molecular flexibility index (Phi) is 13.6. The third kappa shape index (κ3) is 9.37. The highest BCUT2D eigenvalue weighted by Crippen LogP contribution is 2.54. The summed E-state index contributed by atoms with van der Waals surface area (Å²) in [5, 5.41) is 8.25. The summed E-state index contributed by atoms with van der Waals surface area (Å²) in [4.78, 5) is 11.3. The van der Waals surface area contributed by atoms with E-state index in [-0.39, 0.29) is 16.2 Å². The molecule has 4 aromatic heterocycles. The minimum Gasteiger partial charge on any atom is -0.309 e. The van der Waals surface area contributed by atoms with E-state index in [2.05, 4.69) is 401 Å². The maximum atomic E-state index is 5.79. The number of nitrogens with zero attached hydrogens (tertiary/aromatic N) is 5. The number of hydrogen-bond donors (Lipinski definition) is 0. The molecular formula is C107H75N5. The molecule has 528 valence electrons. The van der Waals surface area contributed by atoms with Gasteiger partial charge in [0.15, 0.2) is 5.82 Å². The molecule has 0 spiro atoms. The van der Waals surface area contributed by atoms with Gasteiger partial charge in [-0.25, -0.2) is 9.97 Å². The van der Waals surface area contributed by atoms with E-state index in [4.69, 9.17) is 9.97 Å². The van der Waals surface area contributed by atoms with Crippen molar-refractivity contribution in [3.8, 4) is 118 Å². The third-order valence-corrected chi connectivity index (χ3v) is 25.7. The highest BCUT2D eigenvalue weighted by Gasteiger charge is 2.38. The lowest BCUT2D eigenvalue weighted by Crippen LogP contribution is -2.14. The molecule has 20 aromatic rings. The van der Waals surface area contributed by atoms with Crippen LogP contribution in [0.2, 0.25) is 0 Å². The lowest BCUT2D eigenvalue weighted by molar-refractivity contribution is 0.660. The summed E-state index contributed by atoms with van der Waals surface area (Å²) in [7, 11) is 0. The van der Waals surface area contributed by atoms with Gasteiger partial charge in [-0.2, -0.15) is 0 Å². The van der Waals surface area contributed by atoms with Gasteiger partial charge in [0.2, 0.25) is 0 Å². The van der Waals surface area contributed by atoms with Crippen LogP contribution in [0.3, 0.4) is 0 Å². The molecule has 5 heteroatoms. The Bertz CT molecular complexity index is 7470. The van der Waals surface area contributed by atoms with Gasteiger partial charge in [-0.3, -0.25) is 0 Å². The van der Waals surface area contributed by atoms with E-state index in [1.165, 1.54) is 143 Å². The second-order valence-electron chi connectivity index (χ2n) is 32.8. The third-order valence-electron chi connectivity index (χ3n) is 25.7. The first-order valence-corrected chi connectivity index (χ1v) is 39.3. The highest BCUT2D eigenvalue weighted by atomic mass is 15.0. The van der Waals surface area contributed by atoms with Gasteiger partial charge in [-0.15, -0.1) is 0 Å². The van der Waals surface area contributed by atoms with E-state index in [1.54, 1.807) is 0 Å². The molecular weight excluding hydrogens is 1360 g/mol. The Morgan fingerprint density at radius 2 is 0.518 bits per heavy atom. The van der Waals surface area contributed by atoms with Crippen molar-refractivity contribution in [2.45, 2.75) is 57.8 Å². The zero-order valence-electron chi connectivity index (χ0n) is 63.1. The topological polar surface area (TPSA) is 40.6 Å². The molecule has 0 fully saturated rings. The minimum atomic E-state index is -0.102. The van der Waals surface area contributed by atoms with Crippen LogP contribution >= 0.6 is 0 Å². The molecule has 0 aliphatic heterocycles. The van der Waals surface area contributed by atoms with Gasteiger partial charge in [0, 0.05) is 82.1 Å². The molecule has 0 radical (unpaired) electrons. The Hall–Kier alpha value is -13.7. The Morgan fingerprint density at radius 3 is 0.964 bits per heavy atom. The zero-order valence-corrected chi connectivity index (χ0v) is 63.1. The van der Waals surface area contributed by atoms with Crippen LogP contribution in [0.5, 0.6) is 0 Å². The monoisotopic (exact) mass is 1430 g/mol. The Balaban J connectivity index is 0.640. The Morgan fingerprint density at radius 1 is 0.196 bits per heavy atom. The molecule has 0 atom stereocenters. The zero-order chi connectivity index (χ0) is 74.6. The van der Waals surface area contributed by atoms with E-state index < -0.39 is 0 Å². The van der Waals surface area contributed by atoms with Crippen molar-refractivity contribution in [2.75, 3.05) is 0 Å². The molecule has 0 saturated carbocycles. The number of hydrogen-bond acceptors (Lipinski definition) is 2. The molecule has 0 saturated heterocycles. The maximum Gasteiger partial charge on any atom is 0.160 e. The molecule has 23 rings (SSSR count). The number of fused-ring (bicyclic) bond motifs is 19. The van der Waals surface area contributed by atoms with Crippen LogP contribution in [-0.2, 0) is 16.2 Å². The van der Waals surface area contributed by atoms with Crippen molar-refractivity contribution in [2.24, 2.45) is 0 Å². The van der Waals surface area contributed by atoms with E-state index >= 15 is 0 Å². The van der Waals surface area contributed by atoms with Gasteiger partial charge < -0.3 is 13.7 Å². The van der Waals surface area contributed by atoms with Crippen LogP contribution in [0.4, 0.5) is 0 Å². The second-order valence-corrected chi connectivity index (χ2v) is 32.8. The number of benzene rings is 16. The summed E-state index contributed by atoms with van der Waals surface area (Å²) < 4.78 is 7.27. The van der Waals surface area contributed by atoms with Gasteiger partial charge in [-0.05, 0) is 233 Å². The average Bonchev–Trinajstić information content (AvgIpc) is 1.63. The van der Waals surface area contributed by atoms with E-state index in [9.17, 15) is 0 Å². The summed E-state index contributed by atoms with van der Waals surface area (Å²) in [5.41, 5.74) is 39.2. The second kappa shape index (κ2) is 23.6. The van der Waals surface area contributed by atoms with Crippen molar-refractivity contribution >= 4 is 76.3 Å². The first-order valence-electron chi connectivity index (χ1n) is 39.3. The van der Waals surface area contributed by atoms with Crippen molar-refractivity contribution in [3.05, 3.63) is 379 Å². The molecule has 16 aromatic carbocycles. The van der Waals surface area contributed by atoms with Gasteiger partial charge in [0.25, 0.3) is 0 Å². The molecule has 5 nitrogen and oxygen atoms in total. The minimum absolute atomic E-state index is 0.0821. The molecule has 112 heavy (non-hydrogen) atoms. The maximum absolute atomic E-state index is 5.79. The predicted octanol–water partition coefficient (Wildman–Crippen LogP) is 27.8. The molecule has 0 N–H and O–H groups in total. The van der Waals surface area contributed by atoms with Crippen LogP contribution in [0, 0.1) is 0 Å². The summed E-state index contributed by atoms with van der Waals surface area (Å²) in [5.74, 6) is 0.653. The van der Waals surface area contributed by atoms with Crippen LogP contribution < -0.4 is 0 Å². The van der Waals surface area contributed by atoms with Crippen molar-refractivity contribution in [1.29, 1.82) is 0 Å². The fourth-order valence-corrected chi connectivity index (χ4v) is 20.0. The highest BCUT2D eigenvalue weighted by molar-refractivity contribution is 6.14. The smallest absolute Gasteiger partial charge is 0.160 e. The average molecular weight is 1430 g/mol. The standard InChI is InChI=1S/C107H75N5/c1-105(2)90-31-13-7-25-77(90)80-48-39-69(61-93(80)105)66-43-52-100-86(57-66)83-28-10-16-34-97(83)110(100)74-46-37-64(38-47-74)65-42-51-96-89(60-65)103(72-21-19-23-75(55-72)111-98-35-17-11-29-84(98)87-58-67(44-53-101(87)111)70-40-49-81-78-26-8-14-32-91(78)106(3,4)94(81)62-70)109-104(108-96)73-22-20-24-76(56-73)112-99-36-18-12-30-85(99)88-59-68(45-54-102(88)112)71-41-50-82-79-27-9-15-33-92(79)107(5,6)95(82)63-71/h7-63H,1-6H3. The van der Waals surface area contributed by atoms with Crippen LogP contribution in [0.15, 0.2) is 346 Å². The van der Waals surface area contributed by atoms with E-state index in [1.807, 2.05) is 0 Å². The van der Waals surface area contributed by atoms with Crippen LogP contribution in [-0.4, -0.2) is 23.7 Å². The fourth-order valence-electron chi connectivity index (χ4n) is 20.0. The summed E-state index contributed by atoms with van der Waals surface area (Å²) >= 11 is 0. The molecule has 0 amide bonds. The van der Waals surface area contributed by atoms with Crippen LogP contribution in [0.25, 0.3) is 194 Å². The predicted molar refractivity (Wildman–Crippen MR) is 468 cm³/mol. The normalized spacial score (nSPS) is 14.0.